The zero-order valence-electron chi connectivity index (χ0n) is 22.6. The first-order valence-electron chi connectivity index (χ1n) is 13.1. The Hall–Kier alpha value is -4.73. The molecule has 208 valence electrons. The van der Waals surface area contributed by atoms with E-state index >= 15 is 0 Å². The average Bonchev–Trinajstić information content (AvgIpc) is 2.94. The minimum Gasteiger partial charge on any atom is -0.489 e. The second kappa shape index (κ2) is 12.9. The SMILES string of the molecule is CCOC(=O)CC[C@@H](NC(=O)c1ccc(OCc2ccc3ccc4nc(C)[nH]c(=O)c4c3c2)cc1)C(=O)OCC. The summed E-state index contributed by atoms with van der Waals surface area (Å²) >= 11 is 0. The lowest BCUT2D eigenvalue weighted by Crippen LogP contribution is -2.42. The van der Waals surface area contributed by atoms with Crippen molar-refractivity contribution in [3.8, 4) is 5.75 Å². The molecule has 0 saturated carbocycles. The van der Waals surface area contributed by atoms with E-state index < -0.39 is 23.9 Å². The Labute approximate surface area is 230 Å². The summed E-state index contributed by atoms with van der Waals surface area (Å²) in [5.41, 5.74) is 1.62. The average molecular weight is 546 g/mol. The second-order valence-electron chi connectivity index (χ2n) is 9.10. The summed E-state index contributed by atoms with van der Waals surface area (Å²) in [6.45, 7) is 5.73. The lowest BCUT2D eigenvalue weighted by atomic mass is 10.0. The van der Waals surface area contributed by atoms with Crippen molar-refractivity contribution in [2.45, 2.75) is 46.3 Å². The van der Waals surface area contributed by atoms with Crippen molar-refractivity contribution in [2.75, 3.05) is 13.2 Å². The molecule has 40 heavy (non-hydrogen) atoms. The number of nitrogens with one attached hydrogen (secondary N) is 2. The molecule has 10 heteroatoms. The molecule has 1 amide bonds. The van der Waals surface area contributed by atoms with E-state index in [1.54, 1.807) is 45.0 Å². The molecule has 0 aliphatic carbocycles. The van der Waals surface area contributed by atoms with Gasteiger partial charge in [0.1, 0.15) is 24.2 Å². The molecule has 0 radical (unpaired) electrons. The van der Waals surface area contributed by atoms with Crippen molar-refractivity contribution >= 4 is 39.5 Å². The molecular formula is C30H31N3O7. The maximum absolute atomic E-state index is 12.8. The molecule has 1 aromatic heterocycles. The van der Waals surface area contributed by atoms with Crippen molar-refractivity contribution in [3.63, 3.8) is 0 Å². The van der Waals surface area contributed by atoms with Crippen molar-refractivity contribution in [3.05, 3.63) is 81.9 Å². The van der Waals surface area contributed by atoms with Gasteiger partial charge in [0.25, 0.3) is 11.5 Å². The van der Waals surface area contributed by atoms with Crippen LogP contribution in [0.3, 0.4) is 0 Å². The first kappa shape index (κ1) is 28.3. The van der Waals surface area contributed by atoms with Crippen molar-refractivity contribution in [1.29, 1.82) is 0 Å². The molecule has 0 unspecified atom stereocenters. The van der Waals surface area contributed by atoms with Gasteiger partial charge in [-0.15, -0.1) is 0 Å². The minimum atomic E-state index is -0.983. The van der Waals surface area contributed by atoms with Crippen LogP contribution in [0.2, 0.25) is 0 Å². The normalized spacial score (nSPS) is 11.7. The van der Waals surface area contributed by atoms with Crippen molar-refractivity contribution in [2.24, 2.45) is 0 Å². The highest BCUT2D eigenvalue weighted by atomic mass is 16.5. The van der Waals surface area contributed by atoms with E-state index in [0.29, 0.717) is 28.0 Å². The van der Waals surface area contributed by atoms with Gasteiger partial charge in [-0.3, -0.25) is 14.4 Å². The van der Waals surface area contributed by atoms with Crippen LogP contribution in [0.25, 0.3) is 21.7 Å². The van der Waals surface area contributed by atoms with E-state index in [4.69, 9.17) is 14.2 Å². The van der Waals surface area contributed by atoms with Gasteiger partial charge in [0.15, 0.2) is 0 Å². The number of aromatic amines is 1. The van der Waals surface area contributed by atoms with Gasteiger partial charge < -0.3 is 24.5 Å². The number of carbonyl (C=O) groups is 3. The molecule has 10 nitrogen and oxygen atoms in total. The first-order valence-corrected chi connectivity index (χ1v) is 13.1. The van der Waals surface area contributed by atoms with Crippen molar-refractivity contribution in [1.82, 2.24) is 15.3 Å². The largest absolute Gasteiger partial charge is 0.489 e. The fourth-order valence-corrected chi connectivity index (χ4v) is 4.31. The molecule has 0 aliphatic heterocycles. The highest BCUT2D eigenvalue weighted by Gasteiger charge is 2.24. The molecule has 4 rings (SSSR count). The summed E-state index contributed by atoms with van der Waals surface area (Å²) in [4.78, 5) is 56.6. The van der Waals surface area contributed by atoms with Crippen LogP contribution in [-0.4, -0.2) is 47.1 Å². The molecule has 0 spiro atoms. The Morgan fingerprint density at radius 2 is 1.70 bits per heavy atom. The molecule has 0 fully saturated rings. The zero-order chi connectivity index (χ0) is 28.6. The maximum atomic E-state index is 12.8. The smallest absolute Gasteiger partial charge is 0.328 e. The predicted molar refractivity (Wildman–Crippen MR) is 149 cm³/mol. The highest BCUT2D eigenvalue weighted by Crippen LogP contribution is 2.24. The van der Waals surface area contributed by atoms with E-state index in [0.717, 1.165) is 16.3 Å². The van der Waals surface area contributed by atoms with Gasteiger partial charge in [0, 0.05) is 12.0 Å². The standard InChI is InChI=1S/C30H31N3O7/c1-4-38-26(34)15-14-25(30(37)39-5-2)33-28(35)21-8-11-22(12-9-21)40-17-19-6-7-20-10-13-24-27(23(20)16-19)29(36)32-18(3)31-24/h6-13,16,25H,4-5,14-15,17H2,1-3H3,(H,33,35)(H,31,32,36)/t25-/m1/s1. The number of rotatable bonds is 11. The van der Waals surface area contributed by atoms with Gasteiger partial charge in [0.05, 0.1) is 24.1 Å². The number of benzene rings is 3. The third kappa shape index (κ3) is 6.82. The summed E-state index contributed by atoms with van der Waals surface area (Å²) in [7, 11) is 0. The van der Waals surface area contributed by atoms with Crippen LogP contribution in [0.1, 0.15) is 48.4 Å². The summed E-state index contributed by atoms with van der Waals surface area (Å²) in [6, 6.07) is 15.0. The van der Waals surface area contributed by atoms with E-state index in [2.05, 4.69) is 15.3 Å². The van der Waals surface area contributed by atoms with Crippen molar-refractivity contribution < 1.29 is 28.6 Å². The lowest BCUT2D eigenvalue weighted by Gasteiger charge is -2.17. The maximum Gasteiger partial charge on any atom is 0.328 e. The van der Waals surface area contributed by atoms with Gasteiger partial charge in [-0.25, -0.2) is 9.78 Å². The number of carbonyl (C=O) groups excluding carboxylic acids is 3. The van der Waals surface area contributed by atoms with Gasteiger partial charge in [-0.2, -0.15) is 0 Å². The van der Waals surface area contributed by atoms with E-state index in [1.807, 2.05) is 30.3 Å². The van der Waals surface area contributed by atoms with Gasteiger partial charge in [0.2, 0.25) is 0 Å². The second-order valence-corrected chi connectivity index (χ2v) is 9.10. The monoisotopic (exact) mass is 545 g/mol. The number of hydrogen-bond donors (Lipinski definition) is 2. The number of H-pyrrole nitrogens is 1. The third-order valence-corrected chi connectivity index (χ3v) is 6.21. The molecule has 1 atom stereocenters. The molecule has 1 heterocycles. The molecule has 2 N–H and O–H groups in total. The Morgan fingerprint density at radius 3 is 2.42 bits per heavy atom. The number of ether oxygens (including phenoxy) is 3. The Balaban J connectivity index is 1.42. The van der Waals surface area contributed by atoms with E-state index in [-0.39, 0.29) is 38.2 Å². The van der Waals surface area contributed by atoms with Crippen LogP contribution < -0.4 is 15.6 Å². The quantitative estimate of drug-likeness (QED) is 0.213. The van der Waals surface area contributed by atoms with Gasteiger partial charge in [-0.1, -0.05) is 18.2 Å². The van der Waals surface area contributed by atoms with Crippen LogP contribution in [-0.2, 0) is 25.7 Å². The lowest BCUT2D eigenvalue weighted by molar-refractivity contribution is -0.146. The first-order chi connectivity index (χ1) is 19.3. The Kier molecular flexibility index (Phi) is 9.11. The zero-order valence-corrected chi connectivity index (χ0v) is 22.6. The molecule has 0 bridgehead atoms. The van der Waals surface area contributed by atoms with Crippen LogP contribution in [0, 0.1) is 6.92 Å². The molecule has 0 saturated heterocycles. The number of fused-ring (bicyclic) bond motifs is 3. The number of aromatic nitrogens is 2. The van der Waals surface area contributed by atoms with Crippen LogP contribution in [0.5, 0.6) is 5.75 Å². The number of hydrogen-bond acceptors (Lipinski definition) is 8. The highest BCUT2D eigenvalue weighted by molar-refractivity contribution is 6.05. The number of aryl methyl sites for hydroxylation is 1. The molecule has 0 aliphatic rings. The number of nitrogens with zero attached hydrogens (tertiary/aromatic N) is 1. The van der Waals surface area contributed by atoms with Gasteiger partial charge >= 0.3 is 11.9 Å². The fourth-order valence-electron chi connectivity index (χ4n) is 4.31. The predicted octanol–water partition coefficient (Wildman–Crippen LogP) is 3.97. The summed E-state index contributed by atoms with van der Waals surface area (Å²) in [5, 5.41) is 4.88. The molecular weight excluding hydrogens is 514 g/mol. The molecule has 3 aromatic carbocycles. The molecule has 4 aromatic rings. The van der Waals surface area contributed by atoms with Gasteiger partial charge in [-0.05, 0) is 79.9 Å². The Morgan fingerprint density at radius 1 is 0.975 bits per heavy atom. The summed E-state index contributed by atoms with van der Waals surface area (Å²) in [6.07, 6.45) is 0.0344. The number of amides is 1. The van der Waals surface area contributed by atoms with Crippen LogP contribution in [0.15, 0.2) is 59.4 Å². The fraction of sp³-hybridized carbons (Fsp3) is 0.300. The van der Waals surface area contributed by atoms with E-state index in [9.17, 15) is 19.2 Å². The minimum absolute atomic E-state index is 0.0283. The summed E-state index contributed by atoms with van der Waals surface area (Å²) < 4.78 is 15.9. The summed E-state index contributed by atoms with van der Waals surface area (Å²) in [5.74, 6) is -0.457. The topological polar surface area (TPSA) is 137 Å². The number of esters is 2. The Bertz CT molecular complexity index is 1600. The van der Waals surface area contributed by atoms with Crippen LogP contribution >= 0.6 is 0 Å². The van der Waals surface area contributed by atoms with Crippen LogP contribution in [0.4, 0.5) is 0 Å². The third-order valence-electron chi connectivity index (χ3n) is 6.21. The van der Waals surface area contributed by atoms with E-state index in [1.165, 1.54) is 0 Å².